The molecule has 0 radical (unpaired) electrons. The van der Waals surface area contributed by atoms with Gasteiger partial charge in [0.1, 0.15) is 12.4 Å². The molecule has 3 N–H and O–H groups in total. The summed E-state index contributed by atoms with van der Waals surface area (Å²) in [5.74, 6) is 0.999. The van der Waals surface area contributed by atoms with Crippen LogP contribution in [0, 0.1) is 5.92 Å². The molecule has 4 rings (SSSR count). The molecule has 24 heavy (non-hydrogen) atoms. The SMILES string of the molecule is CC(C)C1=C(c2ccc3c(c2)OCCN3C)NC2NCNN2C1=O. The Balaban J connectivity index is 1.79. The van der Waals surface area contributed by atoms with Gasteiger partial charge in [0.2, 0.25) is 0 Å². The summed E-state index contributed by atoms with van der Waals surface area (Å²) in [5.41, 5.74) is 6.80. The number of hydrogen-bond acceptors (Lipinski definition) is 6. The number of carbonyl (C=O) groups is 1. The van der Waals surface area contributed by atoms with E-state index in [0.29, 0.717) is 13.3 Å². The standard InChI is InChI=1S/C17H23N5O2/c1-10(2)14-15(20-17-18-9-19-22(17)16(14)23)11-4-5-12-13(8-11)24-7-6-21(12)3/h4-5,8,10,17-20H,6-7,9H2,1-3H3. The second-order valence-corrected chi connectivity index (χ2v) is 6.66. The van der Waals surface area contributed by atoms with E-state index in [4.69, 9.17) is 4.74 Å². The number of rotatable bonds is 2. The lowest BCUT2D eigenvalue weighted by atomic mass is 9.94. The highest BCUT2D eigenvalue weighted by Gasteiger charge is 2.38. The van der Waals surface area contributed by atoms with Crippen molar-refractivity contribution in [1.82, 2.24) is 21.1 Å². The van der Waals surface area contributed by atoms with Crippen molar-refractivity contribution in [2.45, 2.75) is 20.1 Å². The first-order valence-electron chi connectivity index (χ1n) is 8.36. The summed E-state index contributed by atoms with van der Waals surface area (Å²) in [6.07, 6.45) is -0.227. The third-order valence-electron chi connectivity index (χ3n) is 4.72. The van der Waals surface area contributed by atoms with E-state index in [0.717, 1.165) is 34.8 Å². The molecule has 0 bridgehead atoms. The number of ether oxygens (including phenoxy) is 1. The molecule has 1 aromatic carbocycles. The van der Waals surface area contributed by atoms with E-state index in [2.05, 4.69) is 40.1 Å². The number of nitrogens with one attached hydrogen (secondary N) is 3. The molecule has 1 saturated heterocycles. The molecule has 1 unspecified atom stereocenters. The van der Waals surface area contributed by atoms with Crippen LogP contribution >= 0.6 is 0 Å². The summed E-state index contributed by atoms with van der Waals surface area (Å²) in [4.78, 5) is 15.0. The van der Waals surface area contributed by atoms with Crippen LogP contribution < -0.4 is 25.7 Å². The molecule has 7 heteroatoms. The van der Waals surface area contributed by atoms with Gasteiger partial charge in [-0.25, -0.2) is 10.4 Å². The number of benzene rings is 1. The molecular formula is C17H23N5O2. The van der Waals surface area contributed by atoms with Gasteiger partial charge in [-0.05, 0) is 18.1 Å². The molecule has 1 atom stereocenters. The fourth-order valence-corrected chi connectivity index (χ4v) is 3.45. The van der Waals surface area contributed by atoms with E-state index in [9.17, 15) is 4.79 Å². The Labute approximate surface area is 141 Å². The minimum absolute atomic E-state index is 0.0181. The maximum Gasteiger partial charge on any atom is 0.269 e. The van der Waals surface area contributed by atoms with Crippen molar-refractivity contribution in [3.05, 3.63) is 29.3 Å². The number of fused-ring (bicyclic) bond motifs is 2. The van der Waals surface area contributed by atoms with E-state index < -0.39 is 0 Å². The summed E-state index contributed by atoms with van der Waals surface area (Å²) in [6.45, 7) is 6.22. The molecule has 3 aliphatic heterocycles. The van der Waals surface area contributed by atoms with Crippen molar-refractivity contribution < 1.29 is 9.53 Å². The molecule has 7 nitrogen and oxygen atoms in total. The summed E-state index contributed by atoms with van der Waals surface area (Å²) in [7, 11) is 2.06. The molecule has 0 spiro atoms. The number of hydrogen-bond donors (Lipinski definition) is 3. The van der Waals surface area contributed by atoms with Gasteiger partial charge >= 0.3 is 0 Å². The van der Waals surface area contributed by atoms with Gasteiger partial charge in [0, 0.05) is 18.2 Å². The van der Waals surface area contributed by atoms with Gasteiger partial charge in [-0.15, -0.1) is 0 Å². The number of anilines is 1. The average Bonchev–Trinajstić information content (AvgIpc) is 3.03. The number of likely N-dealkylation sites (N-methyl/N-ethyl adjacent to an activating group) is 1. The van der Waals surface area contributed by atoms with Gasteiger partial charge in [-0.2, -0.15) is 0 Å². The normalized spacial score (nSPS) is 23.2. The fraction of sp³-hybridized carbons (Fsp3) is 0.471. The number of carbonyl (C=O) groups excluding carboxylic acids is 1. The second kappa shape index (κ2) is 5.68. The summed E-state index contributed by atoms with van der Waals surface area (Å²) < 4.78 is 5.82. The van der Waals surface area contributed by atoms with Gasteiger partial charge < -0.3 is 15.0 Å². The van der Waals surface area contributed by atoms with Crippen LogP contribution in [-0.4, -0.2) is 44.1 Å². The molecular weight excluding hydrogens is 306 g/mol. The van der Waals surface area contributed by atoms with Crippen molar-refractivity contribution in [3.63, 3.8) is 0 Å². The molecule has 128 valence electrons. The molecule has 1 fully saturated rings. The quantitative estimate of drug-likeness (QED) is 0.741. The molecule has 1 amide bonds. The molecule has 0 saturated carbocycles. The Hall–Kier alpha value is -2.25. The smallest absolute Gasteiger partial charge is 0.269 e. The van der Waals surface area contributed by atoms with Crippen LogP contribution in [0.5, 0.6) is 5.75 Å². The minimum Gasteiger partial charge on any atom is -0.490 e. The van der Waals surface area contributed by atoms with E-state index in [1.54, 1.807) is 5.01 Å². The predicted octanol–water partition coefficient (Wildman–Crippen LogP) is 0.663. The topological polar surface area (TPSA) is 68.9 Å². The average molecular weight is 329 g/mol. The Morgan fingerprint density at radius 2 is 2.17 bits per heavy atom. The fourth-order valence-electron chi connectivity index (χ4n) is 3.45. The number of amides is 1. The highest BCUT2D eigenvalue weighted by Crippen LogP contribution is 2.36. The molecule has 0 aromatic heterocycles. The third kappa shape index (κ3) is 2.32. The van der Waals surface area contributed by atoms with Gasteiger partial charge in [-0.1, -0.05) is 19.9 Å². The Kier molecular flexibility index (Phi) is 3.62. The first-order valence-corrected chi connectivity index (χ1v) is 8.36. The maximum atomic E-state index is 12.9. The third-order valence-corrected chi connectivity index (χ3v) is 4.72. The first-order chi connectivity index (χ1) is 11.6. The van der Waals surface area contributed by atoms with Crippen LogP contribution in [-0.2, 0) is 4.79 Å². The van der Waals surface area contributed by atoms with Crippen LogP contribution in [0.3, 0.4) is 0 Å². The van der Waals surface area contributed by atoms with Gasteiger partial charge in [-0.3, -0.25) is 10.1 Å². The lowest BCUT2D eigenvalue weighted by molar-refractivity contribution is -0.132. The molecule has 3 aliphatic rings. The van der Waals surface area contributed by atoms with Crippen LogP contribution in [0.4, 0.5) is 5.69 Å². The highest BCUT2D eigenvalue weighted by molar-refractivity contribution is 6.03. The maximum absolute atomic E-state index is 12.9. The van der Waals surface area contributed by atoms with Crippen molar-refractivity contribution in [2.75, 3.05) is 31.8 Å². The van der Waals surface area contributed by atoms with E-state index in [1.807, 2.05) is 19.9 Å². The summed E-state index contributed by atoms with van der Waals surface area (Å²) in [5, 5.41) is 8.31. The first kappa shape index (κ1) is 15.3. The van der Waals surface area contributed by atoms with Crippen molar-refractivity contribution in [3.8, 4) is 5.75 Å². The molecule has 3 heterocycles. The lowest BCUT2D eigenvalue weighted by Crippen LogP contribution is -2.56. The van der Waals surface area contributed by atoms with E-state index in [-0.39, 0.29) is 18.1 Å². The van der Waals surface area contributed by atoms with E-state index in [1.165, 1.54) is 0 Å². The van der Waals surface area contributed by atoms with Crippen LogP contribution in [0.1, 0.15) is 19.4 Å². The zero-order chi connectivity index (χ0) is 16.8. The zero-order valence-corrected chi connectivity index (χ0v) is 14.2. The lowest BCUT2D eigenvalue weighted by Gasteiger charge is -2.35. The second-order valence-electron chi connectivity index (χ2n) is 6.66. The van der Waals surface area contributed by atoms with E-state index >= 15 is 0 Å². The summed E-state index contributed by atoms with van der Waals surface area (Å²) >= 11 is 0. The zero-order valence-electron chi connectivity index (χ0n) is 14.2. The Morgan fingerprint density at radius 3 is 2.96 bits per heavy atom. The largest absolute Gasteiger partial charge is 0.490 e. The van der Waals surface area contributed by atoms with Crippen LogP contribution in [0.2, 0.25) is 0 Å². The number of hydrazine groups is 1. The molecule has 1 aromatic rings. The Bertz CT molecular complexity index is 715. The monoisotopic (exact) mass is 329 g/mol. The van der Waals surface area contributed by atoms with Crippen molar-refractivity contribution in [2.24, 2.45) is 5.92 Å². The highest BCUT2D eigenvalue weighted by atomic mass is 16.5. The Morgan fingerprint density at radius 1 is 1.33 bits per heavy atom. The number of nitrogens with zero attached hydrogens (tertiary/aromatic N) is 2. The van der Waals surface area contributed by atoms with Gasteiger partial charge in [0.15, 0.2) is 6.29 Å². The predicted molar refractivity (Wildman–Crippen MR) is 91.9 cm³/mol. The minimum atomic E-state index is -0.227. The van der Waals surface area contributed by atoms with Gasteiger partial charge in [0.25, 0.3) is 5.91 Å². The van der Waals surface area contributed by atoms with Crippen LogP contribution in [0.25, 0.3) is 5.70 Å². The van der Waals surface area contributed by atoms with Gasteiger partial charge in [0.05, 0.1) is 24.6 Å². The summed E-state index contributed by atoms with van der Waals surface area (Å²) in [6, 6.07) is 6.15. The van der Waals surface area contributed by atoms with Crippen molar-refractivity contribution >= 4 is 17.3 Å². The molecule has 0 aliphatic carbocycles. The van der Waals surface area contributed by atoms with Crippen LogP contribution in [0.15, 0.2) is 23.8 Å². The van der Waals surface area contributed by atoms with Crippen molar-refractivity contribution in [1.29, 1.82) is 0 Å².